The molecule has 1 aromatic rings. The van der Waals surface area contributed by atoms with Crippen molar-refractivity contribution >= 4 is 5.97 Å². The standard InChI is InChI=1S/C33H57NO5/c1-2-3-4-5-8-13-28(35)14-9-6-7-10-15-29(31(37)38)30(36)16-20-33(39)23-27(22-26-17-21-34-24-26)32(25-33)18-11-12-19-32/h17,21,24,27-30,34-36,39H,2-16,18-20,22-23,25H2,1H3,(H,37,38). The Morgan fingerprint density at radius 2 is 1.62 bits per heavy atom. The van der Waals surface area contributed by atoms with Gasteiger partial charge in [-0.1, -0.05) is 77.6 Å². The van der Waals surface area contributed by atoms with Crippen LogP contribution in [-0.4, -0.2) is 49.2 Å². The van der Waals surface area contributed by atoms with E-state index in [4.69, 9.17) is 0 Å². The van der Waals surface area contributed by atoms with Crippen molar-refractivity contribution in [1.29, 1.82) is 0 Å². The molecular formula is C33H57NO5. The van der Waals surface area contributed by atoms with Crippen molar-refractivity contribution < 1.29 is 25.2 Å². The second kappa shape index (κ2) is 16.2. The molecule has 1 spiro atoms. The van der Waals surface area contributed by atoms with Crippen molar-refractivity contribution in [3.05, 3.63) is 24.0 Å². The van der Waals surface area contributed by atoms with E-state index >= 15 is 0 Å². The molecule has 5 unspecified atom stereocenters. The van der Waals surface area contributed by atoms with E-state index in [1.165, 1.54) is 56.9 Å². The smallest absolute Gasteiger partial charge is 0.309 e. The van der Waals surface area contributed by atoms with E-state index in [0.29, 0.717) is 25.2 Å². The summed E-state index contributed by atoms with van der Waals surface area (Å²) in [6.07, 6.45) is 22.9. The summed E-state index contributed by atoms with van der Waals surface area (Å²) in [5.74, 6) is -1.27. The fourth-order valence-corrected chi connectivity index (χ4v) is 7.78. The van der Waals surface area contributed by atoms with E-state index in [9.17, 15) is 25.2 Å². The number of nitrogens with one attached hydrogen (secondary N) is 1. The number of aromatic nitrogens is 1. The second-order valence-corrected chi connectivity index (χ2v) is 13.2. The Bertz CT molecular complexity index is 805. The number of unbranched alkanes of at least 4 members (excludes halogenated alkanes) is 7. The van der Waals surface area contributed by atoms with E-state index in [2.05, 4.69) is 24.2 Å². The molecule has 0 amide bonds. The average Bonchev–Trinajstić information content (AvgIpc) is 3.64. The van der Waals surface area contributed by atoms with Crippen LogP contribution in [0.4, 0.5) is 0 Å². The zero-order chi connectivity index (χ0) is 28.1. The summed E-state index contributed by atoms with van der Waals surface area (Å²) >= 11 is 0. The molecule has 224 valence electrons. The third-order valence-electron chi connectivity index (χ3n) is 10.0. The van der Waals surface area contributed by atoms with Crippen molar-refractivity contribution in [3.63, 3.8) is 0 Å². The molecule has 2 fully saturated rings. The van der Waals surface area contributed by atoms with Crippen LogP contribution in [0.5, 0.6) is 0 Å². The molecule has 2 saturated carbocycles. The van der Waals surface area contributed by atoms with Gasteiger partial charge in [0.25, 0.3) is 0 Å². The molecule has 5 N–H and O–H groups in total. The highest BCUT2D eigenvalue weighted by Gasteiger charge is 2.54. The van der Waals surface area contributed by atoms with Crippen molar-refractivity contribution in [2.75, 3.05) is 0 Å². The van der Waals surface area contributed by atoms with Crippen LogP contribution in [-0.2, 0) is 11.2 Å². The Balaban J connectivity index is 1.36. The van der Waals surface area contributed by atoms with Crippen LogP contribution in [0.15, 0.2) is 18.5 Å². The molecule has 0 bridgehead atoms. The summed E-state index contributed by atoms with van der Waals surface area (Å²) in [6, 6.07) is 2.12. The molecule has 6 heteroatoms. The highest BCUT2D eigenvalue weighted by Crippen LogP contribution is 2.59. The minimum absolute atomic E-state index is 0.186. The zero-order valence-corrected chi connectivity index (χ0v) is 24.6. The summed E-state index contributed by atoms with van der Waals surface area (Å²) in [7, 11) is 0. The van der Waals surface area contributed by atoms with Crippen LogP contribution in [0.3, 0.4) is 0 Å². The first-order valence-corrected chi connectivity index (χ1v) is 16.2. The first-order valence-electron chi connectivity index (χ1n) is 16.2. The van der Waals surface area contributed by atoms with Gasteiger partial charge >= 0.3 is 5.97 Å². The number of aliphatic carboxylic acids is 1. The van der Waals surface area contributed by atoms with E-state index in [1.54, 1.807) is 0 Å². The molecule has 2 aliphatic rings. The lowest BCUT2D eigenvalue weighted by molar-refractivity contribution is -0.146. The fourth-order valence-electron chi connectivity index (χ4n) is 7.78. The SMILES string of the molecule is CCCCCCCC(O)CCCCCCC(C(=O)O)C(O)CCC1(O)CC(Cc2cc[nH]c2)C2(CCCC2)C1. The van der Waals surface area contributed by atoms with E-state index in [0.717, 1.165) is 64.2 Å². The summed E-state index contributed by atoms with van der Waals surface area (Å²) in [5, 5.41) is 42.5. The Kier molecular flexibility index (Phi) is 13.3. The third-order valence-corrected chi connectivity index (χ3v) is 10.0. The summed E-state index contributed by atoms with van der Waals surface area (Å²) < 4.78 is 0. The largest absolute Gasteiger partial charge is 0.481 e. The number of aliphatic hydroxyl groups is 3. The number of carboxylic acid groups (broad SMARTS) is 1. The molecule has 0 radical (unpaired) electrons. The molecule has 3 rings (SSSR count). The Morgan fingerprint density at radius 1 is 0.974 bits per heavy atom. The van der Waals surface area contributed by atoms with Gasteiger partial charge in [0, 0.05) is 12.4 Å². The van der Waals surface area contributed by atoms with E-state index < -0.39 is 23.6 Å². The highest BCUT2D eigenvalue weighted by atomic mass is 16.4. The Labute approximate surface area is 237 Å². The van der Waals surface area contributed by atoms with Crippen LogP contribution < -0.4 is 0 Å². The Morgan fingerprint density at radius 3 is 2.21 bits per heavy atom. The molecule has 2 aliphatic carbocycles. The van der Waals surface area contributed by atoms with Gasteiger partial charge in [-0.15, -0.1) is 0 Å². The number of carboxylic acids is 1. The van der Waals surface area contributed by atoms with E-state index in [-0.39, 0.29) is 11.5 Å². The minimum atomic E-state index is -0.933. The summed E-state index contributed by atoms with van der Waals surface area (Å²) in [4.78, 5) is 15.1. The monoisotopic (exact) mass is 547 g/mol. The normalized spacial score (nSPS) is 24.8. The minimum Gasteiger partial charge on any atom is -0.481 e. The zero-order valence-electron chi connectivity index (χ0n) is 24.6. The maximum Gasteiger partial charge on any atom is 0.309 e. The van der Waals surface area contributed by atoms with Crippen LogP contribution >= 0.6 is 0 Å². The van der Waals surface area contributed by atoms with Crippen molar-refractivity contribution in [2.45, 2.75) is 160 Å². The number of aliphatic hydroxyl groups excluding tert-OH is 2. The summed E-state index contributed by atoms with van der Waals surface area (Å²) in [5.41, 5.74) is 0.663. The third kappa shape index (κ3) is 10.2. The highest BCUT2D eigenvalue weighted by molar-refractivity contribution is 5.70. The molecule has 0 aliphatic heterocycles. The molecule has 1 aromatic heterocycles. The van der Waals surface area contributed by atoms with Crippen molar-refractivity contribution in [3.8, 4) is 0 Å². The Hall–Kier alpha value is -1.37. The second-order valence-electron chi connectivity index (χ2n) is 13.2. The summed E-state index contributed by atoms with van der Waals surface area (Å²) in [6.45, 7) is 2.21. The molecule has 5 atom stereocenters. The van der Waals surface area contributed by atoms with Gasteiger partial charge < -0.3 is 25.4 Å². The predicted molar refractivity (Wildman–Crippen MR) is 157 cm³/mol. The molecule has 0 saturated heterocycles. The van der Waals surface area contributed by atoms with Gasteiger partial charge in [-0.2, -0.15) is 0 Å². The fraction of sp³-hybridized carbons (Fsp3) is 0.848. The van der Waals surface area contributed by atoms with Crippen LogP contribution in [0.25, 0.3) is 0 Å². The lowest BCUT2D eigenvalue weighted by atomic mass is 9.74. The molecule has 39 heavy (non-hydrogen) atoms. The number of hydrogen-bond donors (Lipinski definition) is 5. The van der Waals surface area contributed by atoms with Crippen LogP contribution in [0.1, 0.15) is 141 Å². The van der Waals surface area contributed by atoms with E-state index in [1.807, 2.05) is 6.20 Å². The maximum absolute atomic E-state index is 12.0. The molecular weight excluding hydrogens is 490 g/mol. The number of aromatic amines is 1. The van der Waals surface area contributed by atoms with Crippen molar-refractivity contribution in [1.82, 2.24) is 4.98 Å². The van der Waals surface area contributed by atoms with Gasteiger partial charge in [-0.3, -0.25) is 4.79 Å². The number of rotatable bonds is 20. The van der Waals surface area contributed by atoms with Gasteiger partial charge in [0.05, 0.1) is 23.7 Å². The average molecular weight is 548 g/mol. The van der Waals surface area contributed by atoms with Gasteiger partial charge in [-0.25, -0.2) is 0 Å². The quantitative estimate of drug-likeness (QED) is 0.111. The first kappa shape index (κ1) is 32.1. The number of H-pyrrole nitrogens is 1. The lowest BCUT2D eigenvalue weighted by Crippen LogP contribution is -2.33. The lowest BCUT2D eigenvalue weighted by Gasteiger charge is -2.31. The first-order chi connectivity index (χ1) is 18.8. The molecule has 0 aromatic carbocycles. The van der Waals surface area contributed by atoms with Gasteiger partial charge in [-0.05, 0) is 87.2 Å². The molecule has 6 nitrogen and oxygen atoms in total. The van der Waals surface area contributed by atoms with Gasteiger partial charge in [0.15, 0.2) is 0 Å². The van der Waals surface area contributed by atoms with Crippen LogP contribution in [0, 0.1) is 17.3 Å². The topological polar surface area (TPSA) is 114 Å². The predicted octanol–water partition coefficient (Wildman–Crippen LogP) is 7.16. The maximum atomic E-state index is 12.0. The van der Waals surface area contributed by atoms with Crippen LogP contribution in [0.2, 0.25) is 0 Å². The number of carbonyl (C=O) groups is 1. The number of hydrogen-bond acceptors (Lipinski definition) is 4. The van der Waals surface area contributed by atoms with Crippen molar-refractivity contribution in [2.24, 2.45) is 17.3 Å². The van der Waals surface area contributed by atoms with Gasteiger partial charge in [0.2, 0.25) is 0 Å². The van der Waals surface area contributed by atoms with Gasteiger partial charge in [0.1, 0.15) is 0 Å². The molecule has 1 heterocycles.